The molecule has 0 saturated heterocycles. The van der Waals surface area contributed by atoms with Gasteiger partial charge in [-0.2, -0.15) is 0 Å². The zero-order chi connectivity index (χ0) is 11.5. The van der Waals surface area contributed by atoms with E-state index >= 15 is 0 Å². The van der Waals surface area contributed by atoms with Gasteiger partial charge in [0.05, 0.1) is 0 Å². The highest BCUT2D eigenvalue weighted by molar-refractivity contribution is 5.22. The average molecular weight is 211 g/mol. The number of nitrogens with one attached hydrogen (secondary N) is 1. The quantitative estimate of drug-likeness (QED) is 0.535. The van der Waals surface area contributed by atoms with Crippen molar-refractivity contribution in [2.24, 2.45) is 0 Å². The van der Waals surface area contributed by atoms with Gasteiger partial charge in [-0.15, -0.1) is 0 Å². The molecule has 1 unspecified atom stereocenters. The summed E-state index contributed by atoms with van der Waals surface area (Å²) in [5, 5.41) is 31.3. The van der Waals surface area contributed by atoms with Gasteiger partial charge >= 0.3 is 0 Å². The van der Waals surface area contributed by atoms with Crippen LogP contribution in [-0.4, -0.2) is 27.7 Å². The van der Waals surface area contributed by atoms with Gasteiger partial charge in [-0.1, -0.05) is 30.3 Å². The van der Waals surface area contributed by atoms with Gasteiger partial charge in [-0.3, -0.25) is 5.32 Å². The minimum absolute atomic E-state index is 0.0722. The molecule has 0 aliphatic rings. The molecule has 0 amide bonds. The minimum atomic E-state index is -1.87. The van der Waals surface area contributed by atoms with Crippen molar-refractivity contribution in [1.82, 2.24) is 5.32 Å². The third-order valence-electron chi connectivity index (χ3n) is 2.10. The summed E-state index contributed by atoms with van der Waals surface area (Å²) in [4.78, 5) is 0. The zero-order valence-corrected chi connectivity index (χ0v) is 8.88. The molecule has 0 aliphatic heterocycles. The fourth-order valence-corrected chi connectivity index (χ4v) is 1.44. The van der Waals surface area contributed by atoms with E-state index in [-0.39, 0.29) is 6.04 Å². The molecule has 0 aromatic heterocycles. The van der Waals surface area contributed by atoms with Gasteiger partial charge in [0.25, 0.3) is 0 Å². The van der Waals surface area contributed by atoms with Crippen molar-refractivity contribution in [1.29, 1.82) is 0 Å². The highest BCUT2D eigenvalue weighted by Crippen LogP contribution is 2.21. The van der Waals surface area contributed by atoms with E-state index in [4.69, 9.17) is 0 Å². The van der Waals surface area contributed by atoms with Crippen molar-refractivity contribution in [2.45, 2.75) is 31.9 Å². The Morgan fingerprint density at radius 3 is 2.07 bits per heavy atom. The molecular formula is C11H17NO3. The molecule has 15 heavy (non-hydrogen) atoms. The molecule has 0 saturated carbocycles. The number of aliphatic hydroxyl groups is 3. The fourth-order valence-electron chi connectivity index (χ4n) is 1.44. The Balaban J connectivity index is 3.02. The Bertz CT molecular complexity index is 300. The molecule has 0 spiro atoms. The van der Waals surface area contributed by atoms with Crippen LogP contribution >= 0.6 is 0 Å². The first-order chi connectivity index (χ1) is 6.97. The highest BCUT2D eigenvalue weighted by Gasteiger charge is 2.36. The van der Waals surface area contributed by atoms with Crippen LogP contribution in [-0.2, 0) is 5.72 Å². The van der Waals surface area contributed by atoms with Crippen molar-refractivity contribution >= 4 is 0 Å². The summed E-state index contributed by atoms with van der Waals surface area (Å²) in [6, 6.07) is 8.44. The first-order valence-corrected chi connectivity index (χ1v) is 4.88. The molecule has 1 aromatic rings. The first kappa shape index (κ1) is 12.1. The second kappa shape index (κ2) is 4.72. The molecule has 4 nitrogen and oxygen atoms in total. The summed E-state index contributed by atoms with van der Waals surface area (Å²) < 4.78 is 0. The molecule has 1 atom stereocenters. The van der Waals surface area contributed by atoms with Crippen molar-refractivity contribution in [3.05, 3.63) is 35.9 Å². The number of aliphatic hydroxyl groups excluding tert-OH is 1. The molecule has 4 heteroatoms. The molecule has 4 N–H and O–H groups in total. The third kappa shape index (κ3) is 2.76. The van der Waals surface area contributed by atoms with Crippen LogP contribution in [0, 0.1) is 0 Å². The van der Waals surface area contributed by atoms with Crippen LogP contribution in [0.25, 0.3) is 0 Å². The first-order valence-electron chi connectivity index (χ1n) is 4.88. The summed E-state index contributed by atoms with van der Waals surface area (Å²) in [7, 11) is 0. The standard InChI is InChI=1S/C11H17NO3/c1-8(2)12-11(15,10(13)14)9-6-4-3-5-7-9/h3-8,10,12-15H,1-2H3. The number of benzene rings is 1. The Morgan fingerprint density at radius 1 is 1.13 bits per heavy atom. The lowest BCUT2D eigenvalue weighted by Gasteiger charge is -2.33. The van der Waals surface area contributed by atoms with Crippen LogP contribution in [0.5, 0.6) is 0 Å². The maximum absolute atomic E-state index is 10.1. The third-order valence-corrected chi connectivity index (χ3v) is 2.10. The largest absolute Gasteiger partial charge is 0.367 e. The minimum Gasteiger partial charge on any atom is -0.367 e. The fraction of sp³-hybridized carbons (Fsp3) is 0.455. The number of hydrogen-bond donors (Lipinski definition) is 4. The maximum atomic E-state index is 10.1. The summed E-state index contributed by atoms with van der Waals surface area (Å²) in [6.45, 7) is 3.63. The normalized spacial score (nSPS) is 15.7. The van der Waals surface area contributed by atoms with Crippen LogP contribution in [0.3, 0.4) is 0 Å². The van der Waals surface area contributed by atoms with Gasteiger partial charge in [0.2, 0.25) is 0 Å². The summed E-state index contributed by atoms with van der Waals surface area (Å²) in [5.74, 6) is 0. The van der Waals surface area contributed by atoms with Gasteiger partial charge in [0.1, 0.15) is 0 Å². The molecule has 1 rings (SSSR count). The van der Waals surface area contributed by atoms with E-state index in [1.165, 1.54) is 0 Å². The Morgan fingerprint density at radius 2 is 1.67 bits per heavy atom. The Hall–Kier alpha value is -0.940. The summed E-state index contributed by atoms with van der Waals surface area (Å²) >= 11 is 0. The van der Waals surface area contributed by atoms with Gasteiger partial charge in [0, 0.05) is 11.6 Å². The summed E-state index contributed by atoms with van der Waals surface area (Å²) in [5.41, 5.74) is -1.40. The van der Waals surface area contributed by atoms with Crippen LogP contribution in [0.4, 0.5) is 0 Å². The maximum Gasteiger partial charge on any atom is 0.200 e. The van der Waals surface area contributed by atoms with Gasteiger partial charge in [-0.05, 0) is 13.8 Å². The van der Waals surface area contributed by atoms with Crippen molar-refractivity contribution in [2.75, 3.05) is 0 Å². The van der Waals surface area contributed by atoms with E-state index < -0.39 is 12.0 Å². The second-order valence-electron chi connectivity index (χ2n) is 3.81. The molecule has 1 aromatic carbocycles. The van der Waals surface area contributed by atoms with E-state index in [2.05, 4.69) is 5.32 Å². The van der Waals surface area contributed by atoms with Gasteiger partial charge < -0.3 is 15.3 Å². The smallest absolute Gasteiger partial charge is 0.200 e. The monoisotopic (exact) mass is 211 g/mol. The van der Waals surface area contributed by atoms with E-state index in [1.54, 1.807) is 30.3 Å². The number of rotatable bonds is 4. The summed E-state index contributed by atoms with van der Waals surface area (Å²) in [6.07, 6.45) is -1.87. The highest BCUT2D eigenvalue weighted by atomic mass is 16.5. The lowest BCUT2D eigenvalue weighted by molar-refractivity contribution is -0.208. The molecule has 0 heterocycles. The van der Waals surface area contributed by atoms with Crippen molar-refractivity contribution in [3.8, 4) is 0 Å². The topological polar surface area (TPSA) is 72.7 Å². The predicted octanol–water partition coefficient (Wildman–Crippen LogP) is 0.140. The SMILES string of the molecule is CC(C)NC(O)(c1ccccc1)C(O)O. The van der Waals surface area contributed by atoms with E-state index in [0.29, 0.717) is 5.56 Å². The Kier molecular flexibility index (Phi) is 3.82. The second-order valence-corrected chi connectivity index (χ2v) is 3.81. The van der Waals surface area contributed by atoms with Gasteiger partial charge in [0.15, 0.2) is 12.0 Å². The lowest BCUT2D eigenvalue weighted by Crippen LogP contribution is -2.54. The zero-order valence-electron chi connectivity index (χ0n) is 8.88. The van der Waals surface area contributed by atoms with Crippen LogP contribution in [0.1, 0.15) is 19.4 Å². The number of hydrogen-bond acceptors (Lipinski definition) is 4. The van der Waals surface area contributed by atoms with E-state index in [1.807, 2.05) is 13.8 Å². The van der Waals surface area contributed by atoms with Crippen molar-refractivity contribution < 1.29 is 15.3 Å². The van der Waals surface area contributed by atoms with Crippen LogP contribution < -0.4 is 5.32 Å². The molecule has 0 radical (unpaired) electrons. The lowest BCUT2D eigenvalue weighted by atomic mass is 10.0. The van der Waals surface area contributed by atoms with Crippen LogP contribution in [0.2, 0.25) is 0 Å². The van der Waals surface area contributed by atoms with E-state index in [0.717, 1.165) is 0 Å². The molecule has 84 valence electrons. The predicted molar refractivity (Wildman–Crippen MR) is 56.8 cm³/mol. The Labute approximate surface area is 89.2 Å². The molecular weight excluding hydrogens is 194 g/mol. The van der Waals surface area contributed by atoms with Crippen LogP contribution in [0.15, 0.2) is 30.3 Å². The van der Waals surface area contributed by atoms with Crippen molar-refractivity contribution in [3.63, 3.8) is 0 Å². The van der Waals surface area contributed by atoms with Gasteiger partial charge in [-0.25, -0.2) is 0 Å². The average Bonchev–Trinajstić information content (AvgIpc) is 2.17. The van der Waals surface area contributed by atoms with E-state index in [9.17, 15) is 15.3 Å². The molecule has 0 fully saturated rings. The molecule has 0 aliphatic carbocycles. The molecule has 0 bridgehead atoms.